The summed E-state index contributed by atoms with van der Waals surface area (Å²) in [6.07, 6.45) is 7.96. The first-order valence-corrected chi connectivity index (χ1v) is 6.86. The Balaban J connectivity index is 1.97. The molecule has 0 amide bonds. The van der Waals surface area contributed by atoms with Crippen molar-refractivity contribution in [3.05, 3.63) is 29.3 Å². The van der Waals surface area contributed by atoms with Gasteiger partial charge in [-0.15, -0.1) is 11.8 Å². The fourth-order valence-electron chi connectivity index (χ4n) is 3.01. The zero-order valence-electron chi connectivity index (χ0n) is 9.33. The summed E-state index contributed by atoms with van der Waals surface area (Å²) in [7, 11) is 0. The number of benzene rings is 1. The van der Waals surface area contributed by atoms with Crippen molar-refractivity contribution < 1.29 is 0 Å². The fraction of sp³-hybridized carbons (Fsp3) is 0.500. The summed E-state index contributed by atoms with van der Waals surface area (Å²) in [5, 5.41) is 9.13. The number of hydrogen-bond acceptors (Lipinski definition) is 2. The van der Waals surface area contributed by atoms with Gasteiger partial charge in [0.15, 0.2) is 0 Å². The topological polar surface area (TPSA) is 23.8 Å². The van der Waals surface area contributed by atoms with Crippen molar-refractivity contribution in [3.8, 4) is 6.07 Å². The Hall–Kier alpha value is -0.940. The average molecular weight is 229 g/mol. The van der Waals surface area contributed by atoms with Crippen LogP contribution in [0.1, 0.15) is 43.2 Å². The van der Waals surface area contributed by atoms with E-state index in [2.05, 4.69) is 12.1 Å². The van der Waals surface area contributed by atoms with Crippen LogP contribution in [0.2, 0.25) is 0 Å². The van der Waals surface area contributed by atoms with E-state index in [4.69, 9.17) is 5.26 Å². The molecule has 1 fully saturated rings. The number of nitrogens with zero attached hydrogens (tertiary/aromatic N) is 1. The van der Waals surface area contributed by atoms with Crippen LogP contribution in [0.3, 0.4) is 0 Å². The maximum Gasteiger partial charge on any atom is 0.100 e. The van der Waals surface area contributed by atoms with Gasteiger partial charge in [0.25, 0.3) is 0 Å². The fourth-order valence-corrected chi connectivity index (χ4v) is 4.66. The second-order valence-corrected chi connectivity index (χ2v) is 6.41. The molecule has 0 bridgehead atoms. The first kappa shape index (κ1) is 10.2. The maximum atomic E-state index is 9.13. The first-order valence-electron chi connectivity index (χ1n) is 6.04. The predicted molar refractivity (Wildman–Crippen MR) is 66.5 cm³/mol. The molecule has 1 spiro atoms. The number of hydrogen-bond donors (Lipinski definition) is 0. The van der Waals surface area contributed by atoms with Gasteiger partial charge < -0.3 is 0 Å². The SMILES string of the molecule is N#Cc1cccc2c1SC1(CCCCC1)C2. The van der Waals surface area contributed by atoms with Crippen molar-refractivity contribution in [1.29, 1.82) is 5.26 Å². The van der Waals surface area contributed by atoms with Gasteiger partial charge in [0, 0.05) is 9.64 Å². The van der Waals surface area contributed by atoms with Gasteiger partial charge in [-0.2, -0.15) is 5.26 Å². The van der Waals surface area contributed by atoms with E-state index in [9.17, 15) is 0 Å². The van der Waals surface area contributed by atoms with Crippen molar-refractivity contribution in [1.82, 2.24) is 0 Å². The second-order valence-electron chi connectivity index (χ2n) is 4.93. The summed E-state index contributed by atoms with van der Waals surface area (Å²) in [5.41, 5.74) is 2.29. The van der Waals surface area contributed by atoms with Gasteiger partial charge in [0.1, 0.15) is 6.07 Å². The minimum absolute atomic E-state index is 0.438. The second kappa shape index (κ2) is 3.82. The summed E-state index contributed by atoms with van der Waals surface area (Å²) < 4.78 is 0.438. The van der Waals surface area contributed by atoms with E-state index in [1.165, 1.54) is 49.0 Å². The highest BCUT2D eigenvalue weighted by Crippen LogP contribution is 2.53. The number of fused-ring (bicyclic) bond motifs is 1. The summed E-state index contributed by atoms with van der Waals surface area (Å²) in [4.78, 5) is 1.27. The summed E-state index contributed by atoms with van der Waals surface area (Å²) in [6.45, 7) is 0. The van der Waals surface area contributed by atoms with Crippen LogP contribution in [0.4, 0.5) is 0 Å². The van der Waals surface area contributed by atoms with Gasteiger partial charge in [-0.1, -0.05) is 31.4 Å². The van der Waals surface area contributed by atoms with Gasteiger partial charge in [0.05, 0.1) is 5.56 Å². The quantitative estimate of drug-likeness (QED) is 0.673. The smallest absolute Gasteiger partial charge is 0.100 e. The third-order valence-electron chi connectivity index (χ3n) is 3.81. The van der Waals surface area contributed by atoms with Gasteiger partial charge in [-0.3, -0.25) is 0 Å². The van der Waals surface area contributed by atoms with Crippen LogP contribution in [-0.2, 0) is 6.42 Å². The highest BCUT2D eigenvalue weighted by atomic mass is 32.2. The maximum absolute atomic E-state index is 9.13. The molecule has 1 aromatic carbocycles. The zero-order valence-corrected chi connectivity index (χ0v) is 10.1. The molecule has 1 aliphatic carbocycles. The Labute approximate surface area is 101 Å². The largest absolute Gasteiger partial charge is 0.192 e. The lowest BCUT2D eigenvalue weighted by Crippen LogP contribution is -2.26. The molecule has 0 saturated heterocycles. The van der Waals surface area contributed by atoms with E-state index in [0.717, 1.165) is 5.56 Å². The Morgan fingerprint density at radius 1 is 1.19 bits per heavy atom. The molecule has 0 N–H and O–H groups in total. The summed E-state index contributed by atoms with van der Waals surface area (Å²) >= 11 is 1.99. The van der Waals surface area contributed by atoms with E-state index in [1.54, 1.807) is 0 Å². The molecule has 0 unspecified atom stereocenters. The third kappa shape index (κ3) is 1.55. The Kier molecular flexibility index (Phi) is 2.44. The molecule has 0 aromatic heterocycles. The molecule has 16 heavy (non-hydrogen) atoms. The molecule has 0 atom stereocenters. The van der Waals surface area contributed by atoms with Crippen molar-refractivity contribution in [2.45, 2.75) is 48.2 Å². The lowest BCUT2D eigenvalue weighted by molar-refractivity contribution is 0.400. The van der Waals surface area contributed by atoms with Crippen molar-refractivity contribution in [3.63, 3.8) is 0 Å². The standard InChI is InChI=1S/C14H15NS/c15-10-12-6-4-5-11-9-14(16-13(11)12)7-2-1-3-8-14/h4-6H,1-3,7-9H2. The van der Waals surface area contributed by atoms with Crippen LogP contribution in [0, 0.1) is 11.3 Å². The predicted octanol–water partition coefficient (Wildman–Crippen LogP) is 3.91. The molecule has 1 saturated carbocycles. The van der Waals surface area contributed by atoms with Gasteiger partial charge >= 0.3 is 0 Å². The molecule has 2 aliphatic rings. The van der Waals surface area contributed by atoms with Crippen molar-refractivity contribution in [2.75, 3.05) is 0 Å². The zero-order chi connectivity index (χ0) is 11.0. The average Bonchev–Trinajstić information content (AvgIpc) is 2.67. The monoisotopic (exact) mass is 229 g/mol. The number of nitriles is 1. The molecule has 3 rings (SSSR count). The lowest BCUT2D eigenvalue weighted by Gasteiger charge is -2.32. The van der Waals surface area contributed by atoms with E-state index >= 15 is 0 Å². The van der Waals surface area contributed by atoms with Crippen LogP contribution < -0.4 is 0 Å². The van der Waals surface area contributed by atoms with Crippen LogP contribution in [0.25, 0.3) is 0 Å². The highest BCUT2D eigenvalue weighted by molar-refractivity contribution is 8.01. The molecular formula is C14H15NS. The van der Waals surface area contributed by atoms with Gasteiger partial charge in [-0.25, -0.2) is 0 Å². The molecular weight excluding hydrogens is 214 g/mol. The van der Waals surface area contributed by atoms with E-state index in [-0.39, 0.29) is 0 Å². The summed E-state index contributed by atoms with van der Waals surface area (Å²) in [5.74, 6) is 0. The molecule has 1 nitrogen and oxygen atoms in total. The number of thioether (sulfide) groups is 1. The number of rotatable bonds is 0. The first-order chi connectivity index (χ1) is 7.83. The molecule has 2 heteroatoms. The van der Waals surface area contributed by atoms with Crippen molar-refractivity contribution >= 4 is 11.8 Å². The van der Waals surface area contributed by atoms with Crippen LogP contribution in [0.5, 0.6) is 0 Å². The minimum Gasteiger partial charge on any atom is -0.192 e. The minimum atomic E-state index is 0.438. The molecule has 0 radical (unpaired) electrons. The Bertz CT molecular complexity index is 452. The molecule has 1 aromatic rings. The van der Waals surface area contributed by atoms with Crippen molar-refractivity contribution in [2.24, 2.45) is 0 Å². The lowest BCUT2D eigenvalue weighted by atomic mass is 9.84. The van der Waals surface area contributed by atoms with Crippen LogP contribution in [-0.4, -0.2) is 4.75 Å². The van der Waals surface area contributed by atoms with E-state index < -0.39 is 0 Å². The Morgan fingerprint density at radius 3 is 2.75 bits per heavy atom. The van der Waals surface area contributed by atoms with E-state index in [1.807, 2.05) is 23.9 Å². The molecule has 1 heterocycles. The molecule has 82 valence electrons. The van der Waals surface area contributed by atoms with Gasteiger partial charge in [-0.05, 0) is 30.9 Å². The van der Waals surface area contributed by atoms with Gasteiger partial charge in [0.2, 0.25) is 0 Å². The van der Waals surface area contributed by atoms with Crippen LogP contribution >= 0.6 is 11.8 Å². The van der Waals surface area contributed by atoms with E-state index in [0.29, 0.717) is 4.75 Å². The third-order valence-corrected chi connectivity index (χ3v) is 5.48. The highest BCUT2D eigenvalue weighted by Gasteiger charge is 2.39. The normalized spacial score (nSPS) is 21.7. The Morgan fingerprint density at radius 2 is 2.00 bits per heavy atom. The van der Waals surface area contributed by atoms with Crippen LogP contribution in [0.15, 0.2) is 23.1 Å². The summed E-state index contributed by atoms with van der Waals surface area (Å²) in [6, 6.07) is 8.51. The molecule has 1 aliphatic heterocycles.